The Labute approximate surface area is 290 Å². The zero-order valence-corrected chi connectivity index (χ0v) is 32.5. The van der Waals surface area contributed by atoms with Gasteiger partial charge in [0.2, 0.25) is 5.60 Å². The number of hydrogen-bond donors (Lipinski definition) is 0. The van der Waals surface area contributed by atoms with Gasteiger partial charge in [-0.1, -0.05) is 141 Å². The molecule has 0 heterocycles. The van der Waals surface area contributed by atoms with E-state index >= 15 is 0 Å². The van der Waals surface area contributed by atoms with Crippen LogP contribution in [0.15, 0.2) is 24.3 Å². The molecule has 0 aliphatic carbocycles. The number of carbonyl (C=O) groups excluding carboxylic acids is 2. The van der Waals surface area contributed by atoms with Gasteiger partial charge >= 0.3 is 0 Å². The number of likely N-dealkylation sites (N-methyl/N-ethyl adjacent to an activating group) is 1. The fraction of sp³-hybridized carbons (Fsp3) is 0.854. The van der Waals surface area contributed by atoms with Crippen LogP contribution >= 0.6 is 9.47 Å². The van der Waals surface area contributed by atoms with Crippen molar-refractivity contribution in [3.63, 3.8) is 0 Å². The van der Waals surface area contributed by atoms with E-state index in [0.717, 1.165) is 51.4 Å². The molecule has 4 nitrogen and oxygen atoms in total. The summed E-state index contributed by atoms with van der Waals surface area (Å²) in [6.07, 6.45) is 42.1. The molecular weight excluding hydrogens is 585 g/mol. The molecule has 0 aromatic rings. The fourth-order valence-electron chi connectivity index (χ4n) is 6.26. The molecule has 0 saturated carbocycles. The molecule has 0 aromatic carbocycles. The van der Waals surface area contributed by atoms with E-state index in [1.807, 2.05) is 21.1 Å². The third-order valence-corrected chi connectivity index (χ3v) is 9.45. The van der Waals surface area contributed by atoms with Gasteiger partial charge in [0.25, 0.3) is 0 Å². The van der Waals surface area contributed by atoms with E-state index in [4.69, 9.17) is 4.52 Å². The molecule has 0 fully saturated rings. The first-order chi connectivity index (χ1) is 22.2. The Hall–Kier alpha value is -0.830. The van der Waals surface area contributed by atoms with Crippen LogP contribution in [-0.2, 0) is 14.1 Å². The summed E-state index contributed by atoms with van der Waals surface area (Å²) in [7, 11) is 9.25. The molecule has 0 amide bonds. The zero-order valence-electron chi connectivity index (χ0n) is 31.5. The smallest absolute Gasteiger partial charge is 0.204 e. The van der Waals surface area contributed by atoms with Crippen molar-refractivity contribution in [2.24, 2.45) is 0 Å². The lowest BCUT2D eigenvalue weighted by Crippen LogP contribution is -2.58. The highest BCUT2D eigenvalue weighted by Gasteiger charge is 2.46. The maximum absolute atomic E-state index is 13.5. The number of ketones is 2. The summed E-state index contributed by atoms with van der Waals surface area (Å²) < 4.78 is 6.16. The topological polar surface area (TPSA) is 43.4 Å². The predicted octanol–water partition coefficient (Wildman–Crippen LogP) is 12.7. The van der Waals surface area contributed by atoms with Gasteiger partial charge in [-0.05, 0) is 64.2 Å². The van der Waals surface area contributed by atoms with Crippen molar-refractivity contribution in [2.45, 2.75) is 199 Å². The van der Waals surface area contributed by atoms with Gasteiger partial charge in [-0.25, -0.2) is 0 Å². The molecule has 0 rings (SSSR count). The molecule has 0 N–H and O–H groups in total. The fourth-order valence-corrected chi connectivity index (χ4v) is 6.55. The first-order valence-electron chi connectivity index (χ1n) is 19.7. The molecule has 0 aromatic heterocycles. The van der Waals surface area contributed by atoms with Crippen LogP contribution in [0.2, 0.25) is 0 Å². The number of rotatable bonds is 35. The van der Waals surface area contributed by atoms with Gasteiger partial charge in [0.05, 0.1) is 21.1 Å². The first kappa shape index (κ1) is 45.2. The Morgan fingerprint density at radius 1 is 0.500 bits per heavy atom. The summed E-state index contributed by atoms with van der Waals surface area (Å²) in [5.74, 6) is -0.128. The van der Waals surface area contributed by atoms with Crippen LogP contribution in [0.3, 0.4) is 0 Å². The average Bonchev–Trinajstić information content (AvgIpc) is 3.02. The number of hydrogen-bond acceptors (Lipinski definition) is 3. The van der Waals surface area contributed by atoms with E-state index in [1.165, 1.54) is 116 Å². The standard InChI is InChI=1S/C41H78NO3P/c1-6-8-10-12-14-16-18-20-22-24-26-28-30-32-34-36-39(43)41(45-46,38-42(3,4)5)40(44)37-35-33-31-29-27-25-23-21-19-17-15-13-11-9-7-2/h20-23,46H,6-19,24-38H2,1-5H3. The summed E-state index contributed by atoms with van der Waals surface area (Å²) in [5.41, 5.74) is -1.39. The largest absolute Gasteiger partial charge is 0.541 e. The number of quaternary nitrogens is 1. The van der Waals surface area contributed by atoms with Crippen LogP contribution in [0, 0.1) is 0 Å². The summed E-state index contributed by atoms with van der Waals surface area (Å²) >= 11 is 0. The lowest BCUT2D eigenvalue weighted by molar-refractivity contribution is -0.873. The maximum atomic E-state index is 13.5. The van der Waals surface area contributed by atoms with E-state index in [2.05, 4.69) is 47.6 Å². The van der Waals surface area contributed by atoms with Gasteiger partial charge in [-0.2, -0.15) is 0 Å². The lowest BCUT2D eigenvalue weighted by Gasteiger charge is -2.39. The quantitative estimate of drug-likeness (QED) is 0.0223. The van der Waals surface area contributed by atoms with E-state index in [-0.39, 0.29) is 11.6 Å². The molecule has 46 heavy (non-hydrogen) atoms. The Morgan fingerprint density at radius 2 is 0.783 bits per heavy atom. The Morgan fingerprint density at radius 3 is 1.07 bits per heavy atom. The number of Topliss-reactive ketones (excluding diaryl/α,β-unsaturated/α-hetero) is 2. The van der Waals surface area contributed by atoms with Crippen LogP contribution in [0.5, 0.6) is 0 Å². The lowest BCUT2D eigenvalue weighted by atomic mass is 9.86. The molecule has 0 saturated heterocycles. The zero-order chi connectivity index (χ0) is 34.2. The molecule has 0 unspecified atom stereocenters. The Bertz CT molecular complexity index is 718. The normalized spacial score (nSPS) is 13.6. The minimum absolute atomic E-state index is 0.0640. The molecule has 0 atom stereocenters. The number of carbonyl (C=O) groups is 2. The summed E-state index contributed by atoms with van der Waals surface area (Å²) in [6.45, 7) is 4.89. The van der Waals surface area contributed by atoms with Gasteiger partial charge in [0.15, 0.2) is 11.6 Å². The molecule has 0 aliphatic heterocycles. The number of nitrogens with zero attached hydrogens (tertiary/aromatic N) is 1. The van der Waals surface area contributed by atoms with Gasteiger partial charge in [0, 0.05) is 12.8 Å². The van der Waals surface area contributed by atoms with Crippen LogP contribution < -0.4 is 0 Å². The third-order valence-electron chi connectivity index (χ3n) is 9.10. The van der Waals surface area contributed by atoms with E-state index in [9.17, 15) is 9.59 Å². The van der Waals surface area contributed by atoms with Crippen molar-refractivity contribution in [1.29, 1.82) is 0 Å². The van der Waals surface area contributed by atoms with Gasteiger partial charge in [-0.15, -0.1) is 0 Å². The third kappa shape index (κ3) is 26.2. The monoisotopic (exact) mass is 664 g/mol. The van der Waals surface area contributed by atoms with E-state index in [1.54, 1.807) is 0 Å². The highest BCUT2D eigenvalue weighted by atomic mass is 31.0. The average molecular weight is 664 g/mol. The van der Waals surface area contributed by atoms with Crippen molar-refractivity contribution < 1.29 is 18.6 Å². The summed E-state index contributed by atoms with van der Waals surface area (Å²) in [6, 6.07) is 0. The SMILES string of the molecule is CCCCCCCCC=CCCCCCCCC(=O)C(C[N+](C)(C)C)(O[PH-])C(=O)CCCCCCCC=CCCCCCCCC. The van der Waals surface area contributed by atoms with Crippen LogP contribution in [-0.4, -0.2) is 49.3 Å². The molecule has 0 aliphatic rings. The van der Waals surface area contributed by atoms with Crippen molar-refractivity contribution in [1.82, 2.24) is 0 Å². The summed E-state index contributed by atoms with van der Waals surface area (Å²) in [4.78, 5) is 27.0. The molecule has 0 radical (unpaired) electrons. The highest BCUT2D eigenvalue weighted by Crippen LogP contribution is 2.27. The van der Waals surface area contributed by atoms with Crippen LogP contribution in [0.4, 0.5) is 0 Å². The number of unbranched alkanes of at least 4 members (excludes halogenated alkanes) is 22. The van der Waals surface area contributed by atoms with Crippen molar-refractivity contribution >= 4 is 21.0 Å². The first-order valence-corrected chi connectivity index (χ1v) is 20.2. The van der Waals surface area contributed by atoms with Crippen molar-refractivity contribution in [2.75, 3.05) is 27.7 Å². The van der Waals surface area contributed by atoms with Gasteiger partial charge < -0.3 is 18.5 Å². The van der Waals surface area contributed by atoms with E-state index in [0.29, 0.717) is 23.9 Å². The molecule has 0 spiro atoms. The molecule has 270 valence electrons. The second-order valence-corrected chi connectivity index (χ2v) is 15.1. The van der Waals surface area contributed by atoms with Crippen LogP contribution in [0.1, 0.15) is 194 Å². The minimum Gasteiger partial charge on any atom is -0.541 e. The van der Waals surface area contributed by atoms with Crippen molar-refractivity contribution in [3.8, 4) is 0 Å². The molecule has 5 heteroatoms. The van der Waals surface area contributed by atoms with Crippen LogP contribution in [0.25, 0.3) is 0 Å². The van der Waals surface area contributed by atoms with Crippen molar-refractivity contribution in [3.05, 3.63) is 24.3 Å². The minimum atomic E-state index is -1.39. The second kappa shape index (κ2) is 31.4. The Kier molecular flexibility index (Phi) is 30.9. The molecular formula is C41H78NO3P. The summed E-state index contributed by atoms with van der Waals surface area (Å²) in [5, 5.41) is 0. The van der Waals surface area contributed by atoms with E-state index < -0.39 is 5.60 Å². The highest BCUT2D eigenvalue weighted by molar-refractivity contribution is 7.10. The van der Waals surface area contributed by atoms with Gasteiger partial charge in [0.1, 0.15) is 6.54 Å². The maximum Gasteiger partial charge on any atom is 0.204 e. The van der Waals surface area contributed by atoms with Gasteiger partial charge in [-0.3, -0.25) is 9.59 Å². The predicted molar refractivity (Wildman–Crippen MR) is 204 cm³/mol. The Balaban J connectivity index is 4.26. The second-order valence-electron chi connectivity index (χ2n) is 14.9. The number of allylic oxidation sites excluding steroid dienone is 4. The molecule has 0 bridgehead atoms.